The van der Waals surface area contributed by atoms with Crippen molar-refractivity contribution < 1.29 is 0 Å². The number of nitrogens with zero attached hydrogens (tertiary/aromatic N) is 3. The fraction of sp³-hybridized carbons (Fsp3) is 0.143. The summed E-state index contributed by atoms with van der Waals surface area (Å²) in [4.78, 5) is 4.85. The molecule has 0 amide bonds. The molecule has 2 heterocycles. The van der Waals surface area contributed by atoms with E-state index in [9.17, 15) is 0 Å². The molecule has 0 saturated heterocycles. The number of fused-ring (bicyclic) bond motifs is 1. The van der Waals surface area contributed by atoms with Crippen LogP contribution in [0.3, 0.4) is 0 Å². The molecular weight excluding hydrogens is 392 g/mol. The van der Waals surface area contributed by atoms with Crippen molar-refractivity contribution >= 4 is 11.0 Å². The van der Waals surface area contributed by atoms with Gasteiger partial charge in [-0.3, -0.25) is 5.41 Å². The summed E-state index contributed by atoms with van der Waals surface area (Å²) in [7, 11) is 0. The number of hydrogen-bond donors (Lipinski definition) is 1. The van der Waals surface area contributed by atoms with E-state index in [0.717, 1.165) is 35.1 Å². The number of aromatic nitrogens is 3. The summed E-state index contributed by atoms with van der Waals surface area (Å²) in [6, 6.07) is 31.3. The largest absolute Gasteiger partial charge is 0.327 e. The Hall–Kier alpha value is -3.92. The molecule has 0 aliphatic carbocycles. The Kier molecular flexibility index (Phi) is 5.42. The van der Waals surface area contributed by atoms with Crippen LogP contribution in [0.5, 0.6) is 0 Å². The lowest BCUT2D eigenvalue weighted by molar-refractivity contribution is 0.513. The van der Waals surface area contributed by atoms with Gasteiger partial charge in [0.25, 0.3) is 0 Å². The maximum atomic E-state index is 9.13. The molecule has 4 heteroatoms. The van der Waals surface area contributed by atoms with Crippen LogP contribution in [0.15, 0.2) is 104 Å². The van der Waals surface area contributed by atoms with E-state index in [-0.39, 0.29) is 6.04 Å². The molecule has 32 heavy (non-hydrogen) atoms. The second-order valence-electron chi connectivity index (χ2n) is 8.26. The van der Waals surface area contributed by atoms with Crippen LogP contribution >= 0.6 is 0 Å². The topological polar surface area (TPSA) is 46.6 Å². The van der Waals surface area contributed by atoms with Crippen molar-refractivity contribution in [1.82, 2.24) is 14.1 Å². The minimum atomic E-state index is 0.128. The first kappa shape index (κ1) is 20.0. The van der Waals surface area contributed by atoms with Crippen LogP contribution in [0.2, 0.25) is 0 Å². The lowest BCUT2D eigenvalue weighted by atomic mass is 10.1. The molecule has 1 atom stereocenters. The highest BCUT2D eigenvalue weighted by atomic mass is 15.1. The predicted octanol–water partition coefficient (Wildman–Crippen LogP) is 5.84. The summed E-state index contributed by atoms with van der Waals surface area (Å²) in [5, 5.41) is 10.0. The number of nitrogens with one attached hydrogen (secondary N) is 1. The molecule has 158 valence electrons. The van der Waals surface area contributed by atoms with E-state index in [0.29, 0.717) is 5.49 Å². The Bertz CT molecular complexity index is 1380. The summed E-state index contributed by atoms with van der Waals surface area (Å²) in [5.74, 6) is 0. The monoisotopic (exact) mass is 418 g/mol. The molecule has 0 bridgehead atoms. The van der Waals surface area contributed by atoms with Crippen molar-refractivity contribution in [3.63, 3.8) is 0 Å². The highest BCUT2D eigenvalue weighted by molar-refractivity contribution is 5.93. The van der Waals surface area contributed by atoms with Gasteiger partial charge in [0.1, 0.15) is 11.1 Å². The van der Waals surface area contributed by atoms with E-state index >= 15 is 0 Å². The van der Waals surface area contributed by atoms with Crippen LogP contribution in [0.4, 0.5) is 0 Å². The Labute approximate surface area is 187 Å². The Balaban J connectivity index is 1.63. The maximum Gasteiger partial charge on any atom is 0.146 e. The van der Waals surface area contributed by atoms with Gasteiger partial charge in [0.2, 0.25) is 0 Å². The fourth-order valence-electron chi connectivity index (χ4n) is 4.35. The third kappa shape index (κ3) is 3.87. The van der Waals surface area contributed by atoms with E-state index in [1.54, 1.807) is 0 Å². The normalized spacial score (nSPS) is 12.2. The molecule has 0 unspecified atom stereocenters. The van der Waals surface area contributed by atoms with Crippen LogP contribution in [0.1, 0.15) is 24.1 Å². The van der Waals surface area contributed by atoms with Gasteiger partial charge in [0.05, 0.1) is 11.7 Å². The van der Waals surface area contributed by atoms with Crippen LogP contribution in [0.25, 0.3) is 22.2 Å². The van der Waals surface area contributed by atoms with E-state index in [1.165, 1.54) is 11.1 Å². The van der Waals surface area contributed by atoms with Crippen LogP contribution in [-0.2, 0) is 13.0 Å². The molecule has 0 aliphatic heterocycles. The van der Waals surface area contributed by atoms with Gasteiger partial charge in [-0.15, -0.1) is 0 Å². The highest BCUT2D eigenvalue weighted by Crippen LogP contribution is 2.28. The molecule has 0 aliphatic rings. The number of hydrogen-bond acceptors (Lipinski definition) is 2. The minimum absolute atomic E-state index is 0.128. The molecule has 5 rings (SSSR count). The van der Waals surface area contributed by atoms with Gasteiger partial charge >= 0.3 is 0 Å². The molecule has 4 nitrogen and oxygen atoms in total. The summed E-state index contributed by atoms with van der Waals surface area (Å²) in [6.45, 7) is 2.88. The summed E-state index contributed by atoms with van der Waals surface area (Å²) in [5.41, 5.74) is 5.98. The molecule has 3 aromatic carbocycles. The zero-order valence-electron chi connectivity index (χ0n) is 18.1. The third-order valence-corrected chi connectivity index (χ3v) is 5.98. The standard InChI is InChI=1S/C28H26N4/c1-21(17-22-11-5-2-6-12-22)32-20-30-28-26(27(32)29)25(24-15-9-4-10-16-24)19-31(28)18-23-13-7-3-8-14-23/h2-16,19-21,29H,17-18H2,1H3/t21-/m1/s1. The van der Waals surface area contributed by atoms with E-state index < -0.39 is 0 Å². The smallest absolute Gasteiger partial charge is 0.146 e. The van der Waals surface area contributed by atoms with Gasteiger partial charge in [0, 0.05) is 24.3 Å². The number of rotatable bonds is 6. The molecule has 0 radical (unpaired) electrons. The molecule has 5 aromatic rings. The highest BCUT2D eigenvalue weighted by Gasteiger charge is 2.17. The second kappa shape index (κ2) is 8.67. The summed E-state index contributed by atoms with van der Waals surface area (Å²) in [6.07, 6.45) is 4.83. The maximum absolute atomic E-state index is 9.13. The lowest BCUT2D eigenvalue weighted by Crippen LogP contribution is -2.25. The van der Waals surface area contributed by atoms with Gasteiger partial charge < -0.3 is 9.13 Å². The van der Waals surface area contributed by atoms with Crippen LogP contribution in [0, 0.1) is 5.41 Å². The van der Waals surface area contributed by atoms with Crippen LogP contribution in [-0.4, -0.2) is 14.1 Å². The first-order valence-electron chi connectivity index (χ1n) is 11.0. The fourth-order valence-corrected chi connectivity index (χ4v) is 4.35. The SMILES string of the molecule is C[C@H](Cc1ccccc1)n1cnc2c(c(-c3ccccc3)cn2Cc2ccccc2)c1=N. The molecule has 0 saturated carbocycles. The Morgan fingerprint density at radius 1 is 0.812 bits per heavy atom. The van der Waals surface area contributed by atoms with E-state index in [2.05, 4.69) is 78.4 Å². The van der Waals surface area contributed by atoms with Crippen molar-refractivity contribution in [3.8, 4) is 11.1 Å². The van der Waals surface area contributed by atoms with Gasteiger partial charge in [0.15, 0.2) is 0 Å². The first-order chi connectivity index (χ1) is 15.7. The molecule has 2 aromatic heterocycles. The van der Waals surface area contributed by atoms with Crippen molar-refractivity contribution in [2.45, 2.75) is 25.9 Å². The van der Waals surface area contributed by atoms with Crippen molar-refractivity contribution in [1.29, 1.82) is 5.41 Å². The lowest BCUT2D eigenvalue weighted by Gasteiger charge is -2.17. The summed E-state index contributed by atoms with van der Waals surface area (Å²) >= 11 is 0. The zero-order valence-corrected chi connectivity index (χ0v) is 18.1. The summed E-state index contributed by atoms with van der Waals surface area (Å²) < 4.78 is 4.16. The van der Waals surface area contributed by atoms with E-state index in [4.69, 9.17) is 10.4 Å². The van der Waals surface area contributed by atoms with Gasteiger partial charge in [-0.1, -0.05) is 91.0 Å². The Morgan fingerprint density at radius 2 is 1.41 bits per heavy atom. The van der Waals surface area contributed by atoms with E-state index in [1.807, 2.05) is 41.2 Å². The minimum Gasteiger partial charge on any atom is -0.327 e. The quantitative estimate of drug-likeness (QED) is 0.370. The molecule has 0 fully saturated rings. The van der Waals surface area contributed by atoms with Crippen molar-refractivity contribution in [2.24, 2.45) is 0 Å². The van der Waals surface area contributed by atoms with Crippen molar-refractivity contribution in [2.75, 3.05) is 0 Å². The van der Waals surface area contributed by atoms with Gasteiger partial charge in [-0.2, -0.15) is 0 Å². The number of benzene rings is 3. The van der Waals surface area contributed by atoms with Crippen LogP contribution < -0.4 is 5.49 Å². The van der Waals surface area contributed by atoms with Gasteiger partial charge in [-0.05, 0) is 30.0 Å². The first-order valence-corrected chi connectivity index (χ1v) is 11.0. The predicted molar refractivity (Wildman–Crippen MR) is 129 cm³/mol. The van der Waals surface area contributed by atoms with Crippen molar-refractivity contribution in [3.05, 3.63) is 120 Å². The average molecular weight is 419 g/mol. The zero-order chi connectivity index (χ0) is 21.9. The average Bonchev–Trinajstić information content (AvgIpc) is 3.20. The third-order valence-electron chi connectivity index (χ3n) is 5.98. The second-order valence-corrected chi connectivity index (χ2v) is 8.26. The molecule has 0 spiro atoms. The Morgan fingerprint density at radius 3 is 2.06 bits per heavy atom. The van der Waals surface area contributed by atoms with Gasteiger partial charge in [-0.25, -0.2) is 4.98 Å². The molecule has 1 N–H and O–H groups in total. The molecular formula is C28H26N4.